The maximum Gasteiger partial charge on any atom is 0.249 e. The summed E-state index contributed by atoms with van der Waals surface area (Å²) >= 11 is 0. The molecule has 3 rings (SSSR count). The van der Waals surface area contributed by atoms with Crippen LogP contribution in [0.4, 0.5) is 5.69 Å². The van der Waals surface area contributed by atoms with Crippen LogP contribution in [0.1, 0.15) is 12.8 Å². The van der Waals surface area contributed by atoms with Gasteiger partial charge in [-0.1, -0.05) is 18.2 Å². The van der Waals surface area contributed by atoms with Crippen molar-refractivity contribution in [2.45, 2.75) is 31.0 Å². The van der Waals surface area contributed by atoms with Gasteiger partial charge in [0.25, 0.3) is 0 Å². The van der Waals surface area contributed by atoms with E-state index in [0.29, 0.717) is 25.9 Å². The van der Waals surface area contributed by atoms with E-state index in [1.165, 1.54) is 0 Å². The van der Waals surface area contributed by atoms with Gasteiger partial charge in [0.1, 0.15) is 6.04 Å². The molecule has 2 fully saturated rings. The second-order valence-electron chi connectivity index (χ2n) is 5.53. The third-order valence-electron chi connectivity index (χ3n) is 4.01. The third kappa shape index (κ3) is 2.91. The zero-order valence-corrected chi connectivity index (χ0v) is 11.7. The van der Waals surface area contributed by atoms with Gasteiger partial charge in [-0.15, -0.1) is 0 Å². The first-order valence-electron chi connectivity index (χ1n) is 7.23. The number of nitrogens with one attached hydrogen (secondary N) is 2. The van der Waals surface area contributed by atoms with Crippen molar-refractivity contribution < 1.29 is 14.7 Å². The highest BCUT2D eigenvalue weighted by molar-refractivity contribution is 6.01. The van der Waals surface area contributed by atoms with E-state index in [-0.39, 0.29) is 11.8 Å². The number of nitrogens with zero attached hydrogens (tertiary/aromatic N) is 1. The van der Waals surface area contributed by atoms with Gasteiger partial charge in [0.15, 0.2) is 0 Å². The normalized spacial score (nSPS) is 28.9. The Morgan fingerprint density at radius 2 is 2.10 bits per heavy atom. The summed E-state index contributed by atoms with van der Waals surface area (Å²) in [4.78, 5) is 26.1. The van der Waals surface area contributed by atoms with Crippen LogP contribution in [0, 0.1) is 0 Å². The first-order valence-corrected chi connectivity index (χ1v) is 7.23. The number of benzene rings is 1. The lowest BCUT2D eigenvalue weighted by Gasteiger charge is -2.18. The number of aliphatic hydroxyl groups excluding tert-OH is 1. The van der Waals surface area contributed by atoms with Crippen LogP contribution in [-0.2, 0) is 9.59 Å². The third-order valence-corrected chi connectivity index (χ3v) is 4.01. The van der Waals surface area contributed by atoms with Crippen LogP contribution >= 0.6 is 0 Å². The van der Waals surface area contributed by atoms with E-state index in [1.54, 1.807) is 4.90 Å². The standard InChI is InChI=1S/C15H19N3O3/c19-11-8-13(16-9-11)14(20)17-12-6-7-18(15(12)21)10-4-2-1-3-5-10/h1-5,11-13,16,19H,6-9H2,(H,17,20). The maximum atomic E-state index is 12.4. The van der Waals surface area contributed by atoms with Crippen LogP contribution in [0.5, 0.6) is 0 Å². The maximum absolute atomic E-state index is 12.4. The topological polar surface area (TPSA) is 81.7 Å². The van der Waals surface area contributed by atoms with Crippen molar-refractivity contribution >= 4 is 17.5 Å². The van der Waals surface area contributed by atoms with Crippen LogP contribution in [0.3, 0.4) is 0 Å². The molecule has 21 heavy (non-hydrogen) atoms. The summed E-state index contributed by atoms with van der Waals surface area (Å²) in [5.41, 5.74) is 0.855. The van der Waals surface area contributed by atoms with E-state index in [0.717, 1.165) is 5.69 Å². The monoisotopic (exact) mass is 289 g/mol. The minimum absolute atomic E-state index is 0.0758. The van der Waals surface area contributed by atoms with Crippen molar-refractivity contribution in [3.63, 3.8) is 0 Å². The predicted octanol–water partition coefficient (Wildman–Crippen LogP) is -0.369. The number of hydrogen-bond donors (Lipinski definition) is 3. The van der Waals surface area contributed by atoms with Gasteiger partial charge in [-0.25, -0.2) is 0 Å². The van der Waals surface area contributed by atoms with Gasteiger partial charge in [0.2, 0.25) is 11.8 Å². The number of anilines is 1. The Balaban J connectivity index is 1.61. The fraction of sp³-hybridized carbons (Fsp3) is 0.467. The molecule has 0 saturated carbocycles. The molecule has 6 heteroatoms. The van der Waals surface area contributed by atoms with Crippen LogP contribution in [-0.4, -0.2) is 48.2 Å². The Bertz CT molecular complexity index is 534. The summed E-state index contributed by atoms with van der Waals surface area (Å²) < 4.78 is 0. The second kappa shape index (κ2) is 5.83. The zero-order chi connectivity index (χ0) is 14.8. The van der Waals surface area contributed by atoms with Gasteiger partial charge in [-0.05, 0) is 25.0 Å². The molecule has 0 aromatic heterocycles. The second-order valence-corrected chi connectivity index (χ2v) is 5.53. The Morgan fingerprint density at radius 3 is 2.76 bits per heavy atom. The van der Waals surface area contributed by atoms with E-state index < -0.39 is 18.2 Å². The van der Waals surface area contributed by atoms with E-state index in [1.807, 2.05) is 30.3 Å². The summed E-state index contributed by atoms with van der Waals surface area (Å²) in [6, 6.07) is 8.57. The average molecular weight is 289 g/mol. The highest BCUT2D eigenvalue weighted by Crippen LogP contribution is 2.21. The lowest BCUT2D eigenvalue weighted by Crippen LogP contribution is -2.48. The number of β-amino-alcohol motifs (C(OH)–C–C–N with tert-alkyl or cyclic N) is 1. The van der Waals surface area contributed by atoms with E-state index in [2.05, 4.69) is 10.6 Å². The molecule has 0 spiro atoms. The summed E-state index contributed by atoms with van der Waals surface area (Å²) in [6.07, 6.45) is 0.519. The molecule has 2 saturated heterocycles. The van der Waals surface area contributed by atoms with Gasteiger partial charge >= 0.3 is 0 Å². The van der Waals surface area contributed by atoms with Gasteiger partial charge in [0.05, 0.1) is 12.1 Å². The molecule has 2 aliphatic heterocycles. The Hall–Kier alpha value is -1.92. The van der Waals surface area contributed by atoms with Crippen molar-refractivity contribution in [2.75, 3.05) is 18.0 Å². The highest BCUT2D eigenvalue weighted by atomic mass is 16.3. The molecule has 112 valence electrons. The van der Waals surface area contributed by atoms with Gasteiger partial charge in [-0.2, -0.15) is 0 Å². The van der Waals surface area contributed by atoms with Crippen molar-refractivity contribution in [1.29, 1.82) is 0 Å². The van der Waals surface area contributed by atoms with Crippen LogP contribution < -0.4 is 15.5 Å². The number of para-hydroxylation sites is 1. The summed E-state index contributed by atoms with van der Waals surface area (Å²) in [7, 11) is 0. The minimum Gasteiger partial charge on any atom is -0.392 e. The first kappa shape index (κ1) is 14.0. The SMILES string of the molecule is O=C(NC1CCN(c2ccccc2)C1=O)C1CC(O)CN1. The molecule has 1 aromatic carbocycles. The molecule has 2 amide bonds. The molecular weight excluding hydrogens is 270 g/mol. The molecule has 3 N–H and O–H groups in total. The Morgan fingerprint density at radius 1 is 1.33 bits per heavy atom. The molecule has 2 heterocycles. The van der Waals surface area contributed by atoms with Gasteiger partial charge in [0, 0.05) is 18.8 Å². The van der Waals surface area contributed by atoms with E-state index in [9.17, 15) is 14.7 Å². The smallest absolute Gasteiger partial charge is 0.249 e. The summed E-state index contributed by atoms with van der Waals surface area (Å²) in [5, 5.41) is 15.2. The molecule has 6 nitrogen and oxygen atoms in total. The van der Waals surface area contributed by atoms with Crippen molar-refractivity contribution in [3.8, 4) is 0 Å². The van der Waals surface area contributed by atoms with E-state index >= 15 is 0 Å². The number of rotatable bonds is 3. The largest absolute Gasteiger partial charge is 0.392 e. The Kier molecular flexibility index (Phi) is 3.90. The van der Waals surface area contributed by atoms with Crippen LogP contribution in [0.2, 0.25) is 0 Å². The van der Waals surface area contributed by atoms with Crippen molar-refractivity contribution in [2.24, 2.45) is 0 Å². The van der Waals surface area contributed by atoms with Crippen LogP contribution in [0.25, 0.3) is 0 Å². The number of hydrogen-bond acceptors (Lipinski definition) is 4. The van der Waals surface area contributed by atoms with Gasteiger partial charge in [-0.3, -0.25) is 9.59 Å². The number of amides is 2. The summed E-state index contributed by atoms with van der Waals surface area (Å²) in [5.74, 6) is -0.284. The van der Waals surface area contributed by atoms with Gasteiger partial charge < -0.3 is 20.6 Å². The number of carbonyl (C=O) groups is 2. The molecule has 2 aliphatic rings. The molecule has 1 aromatic rings. The number of aliphatic hydroxyl groups is 1. The highest BCUT2D eigenvalue weighted by Gasteiger charge is 2.36. The molecular formula is C15H19N3O3. The first-order chi connectivity index (χ1) is 10.1. The molecule has 0 bridgehead atoms. The Labute approximate surface area is 123 Å². The van der Waals surface area contributed by atoms with Crippen LogP contribution in [0.15, 0.2) is 30.3 Å². The fourth-order valence-corrected chi connectivity index (χ4v) is 2.87. The lowest BCUT2D eigenvalue weighted by atomic mass is 10.1. The molecule has 0 radical (unpaired) electrons. The molecule has 3 unspecified atom stereocenters. The lowest BCUT2D eigenvalue weighted by molar-refractivity contribution is -0.127. The quantitative estimate of drug-likeness (QED) is 0.709. The molecule has 0 aliphatic carbocycles. The average Bonchev–Trinajstić information content (AvgIpc) is 3.07. The van der Waals surface area contributed by atoms with E-state index in [4.69, 9.17) is 0 Å². The number of carbonyl (C=O) groups excluding carboxylic acids is 2. The summed E-state index contributed by atoms with van der Waals surface area (Å²) in [6.45, 7) is 1.03. The minimum atomic E-state index is -0.485. The van der Waals surface area contributed by atoms with Crippen molar-refractivity contribution in [1.82, 2.24) is 10.6 Å². The fourth-order valence-electron chi connectivity index (χ4n) is 2.87. The predicted molar refractivity (Wildman–Crippen MR) is 77.8 cm³/mol. The molecule has 3 atom stereocenters. The van der Waals surface area contributed by atoms with Crippen molar-refractivity contribution in [3.05, 3.63) is 30.3 Å². The zero-order valence-electron chi connectivity index (χ0n) is 11.7.